The van der Waals surface area contributed by atoms with Crippen LogP contribution in [-0.4, -0.2) is 7.11 Å². The summed E-state index contributed by atoms with van der Waals surface area (Å²) in [6, 6.07) is 8.68. The van der Waals surface area contributed by atoms with Crippen LogP contribution in [0.3, 0.4) is 0 Å². The Morgan fingerprint density at radius 3 is 2.40 bits per heavy atom. The normalized spacial score (nSPS) is 10.4. The molecule has 0 heterocycles. The minimum Gasteiger partial charge on any atom is -0.494 e. The number of halogens is 1. The van der Waals surface area contributed by atoms with E-state index in [9.17, 15) is 4.39 Å². The van der Waals surface area contributed by atoms with Crippen LogP contribution in [0.25, 0.3) is 0 Å². The molecule has 2 rings (SSSR count). The number of rotatable bonds is 4. The fourth-order valence-corrected chi connectivity index (χ4v) is 2.19. The number of nitrogen functional groups attached to an aromatic ring is 1. The number of ether oxygens (including phenoxy) is 2. The van der Waals surface area contributed by atoms with Crippen molar-refractivity contribution in [2.24, 2.45) is 0 Å². The fraction of sp³-hybridized carbons (Fsp3) is 0.250. The van der Waals surface area contributed by atoms with Gasteiger partial charge < -0.3 is 15.2 Å². The molecule has 0 saturated carbocycles. The van der Waals surface area contributed by atoms with Gasteiger partial charge in [-0.25, -0.2) is 4.39 Å². The van der Waals surface area contributed by atoms with Crippen molar-refractivity contribution in [1.29, 1.82) is 0 Å². The Bertz CT molecular complexity index is 603. The fourth-order valence-electron chi connectivity index (χ4n) is 2.19. The van der Waals surface area contributed by atoms with Crippen LogP contribution in [-0.2, 0) is 6.61 Å². The first kappa shape index (κ1) is 14.2. The second kappa shape index (κ2) is 5.82. The van der Waals surface area contributed by atoms with Crippen molar-refractivity contribution in [2.45, 2.75) is 20.5 Å². The average Bonchev–Trinajstić information content (AvgIpc) is 2.39. The highest BCUT2D eigenvalue weighted by atomic mass is 19.1. The molecule has 0 atom stereocenters. The van der Waals surface area contributed by atoms with E-state index in [-0.39, 0.29) is 18.2 Å². The number of hydrogen-bond acceptors (Lipinski definition) is 3. The predicted octanol–water partition coefficient (Wildman–Crippen LogP) is 3.61. The van der Waals surface area contributed by atoms with Crippen LogP contribution >= 0.6 is 0 Å². The van der Waals surface area contributed by atoms with E-state index in [0.717, 1.165) is 16.9 Å². The maximum atomic E-state index is 14.0. The van der Waals surface area contributed by atoms with Gasteiger partial charge in [0.25, 0.3) is 0 Å². The lowest BCUT2D eigenvalue weighted by Crippen LogP contribution is -2.03. The molecule has 0 aliphatic carbocycles. The Morgan fingerprint density at radius 2 is 1.80 bits per heavy atom. The van der Waals surface area contributed by atoms with Gasteiger partial charge in [0.2, 0.25) is 0 Å². The topological polar surface area (TPSA) is 44.5 Å². The summed E-state index contributed by atoms with van der Waals surface area (Å²) in [5, 5.41) is 0. The molecular weight excluding hydrogens is 257 g/mol. The highest BCUT2D eigenvalue weighted by Crippen LogP contribution is 2.28. The molecule has 0 bridgehead atoms. The summed E-state index contributed by atoms with van der Waals surface area (Å²) in [6.07, 6.45) is 0. The number of aryl methyl sites for hydroxylation is 2. The zero-order chi connectivity index (χ0) is 14.7. The third-order valence-electron chi connectivity index (χ3n) is 3.12. The summed E-state index contributed by atoms with van der Waals surface area (Å²) in [5.41, 5.74) is 8.79. The molecule has 0 aromatic heterocycles. The zero-order valence-corrected chi connectivity index (χ0v) is 11.9. The molecule has 3 nitrogen and oxygen atoms in total. The van der Waals surface area contributed by atoms with E-state index in [1.807, 2.05) is 26.0 Å². The highest BCUT2D eigenvalue weighted by Gasteiger charge is 2.11. The lowest BCUT2D eigenvalue weighted by molar-refractivity contribution is 0.292. The molecule has 0 unspecified atom stereocenters. The molecule has 0 fully saturated rings. The number of hydrogen-bond donors (Lipinski definition) is 1. The molecule has 0 spiro atoms. The lowest BCUT2D eigenvalue weighted by atomic mass is 10.1. The summed E-state index contributed by atoms with van der Waals surface area (Å²) < 4.78 is 24.7. The number of benzene rings is 2. The van der Waals surface area contributed by atoms with Gasteiger partial charge in [-0.05, 0) is 43.2 Å². The van der Waals surface area contributed by atoms with Crippen LogP contribution in [0.4, 0.5) is 10.1 Å². The van der Waals surface area contributed by atoms with E-state index in [1.54, 1.807) is 18.2 Å². The molecule has 0 aliphatic heterocycles. The third-order valence-corrected chi connectivity index (χ3v) is 3.12. The smallest absolute Gasteiger partial charge is 0.171 e. The quantitative estimate of drug-likeness (QED) is 0.867. The standard InChI is InChI=1S/C16H18FNO2/c1-10-7-13(18)8-11(2)16(10)20-9-12-5-4-6-14(19-3)15(12)17/h4-8H,9,18H2,1-3H3. The maximum absolute atomic E-state index is 14.0. The first-order chi connectivity index (χ1) is 9.52. The van der Waals surface area contributed by atoms with Crippen LogP contribution in [0.5, 0.6) is 11.5 Å². The average molecular weight is 275 g/mol. The van der Waals surface area contributed by atoms with Crippen molar-refractivity contribution >= 4 is 5.69 Å². The molecule has 20 heavy (non-hydrogen) atoms. The van der Waals surface area contributed by atoms with Crippen LogP contribution in [0, 0.1) is 19.7 Å². The van der Waals surface area contributed by atoms with E-state index in [4.69, 9.17) is 15.2 Å². The summed E-state index contributed by atoms with van der Waals surface area (Å²) in [7, 11) is 1.44. The van der Waals surface area contributed by atoms with E-state index in [1.165, 1.54) is 7.11 Å². The third kappa shape index (κ3) is 2.85. The second-order valence-corrected chi connectivity index (χ2v) is 4.71. The SMILES string of the molecule is COc1cccc(COc2c(C)cc(N)cc2C)c1F. The van der Waals surface area contributed by atoms with Gasteiger partial charge in [-0.15, -0.1) is 0 Å². The first-order valence-corrected chi connectivity index (χ1v) is 6.34. The monoisotopic (exact) mass is 275 g/mol. The van der Waals surface area contributed by atoms with Gasteiger partial charge in [-0.2, -0.15) is 0 Å². The summed E-state index contributed by atoms with van der Waals surface area (Å²) in [6.45, 7) is 3.98. The first-order valence-electron chi connectivity index (χ1n) is 6.34. The Morgan fingerprint density at radius 1 is 1.15 bits per heavy atom. The van der Waals surface area contributed by atoms with Crippen molar-refractivity contribution in [3.63, 3.8) is 0 Å². The highest BCUT2D eigenvalue weighted by molar-refractivity contribution is 5.52. The lowest BCUT2D eigenvalue weighted by Gasteiger charge is -2.14. The Balaban J connectivity index is 2.21. The van der Waals surface area contributed by atoms with Crippen molar-refractivity contribution in [1.82, 2.24) is 0 Å². The molecule has 4 heteroatoms. The van der Waals surface area contributed by atoms with E-state index < -0.39 is 0 Å². The van der Waals surface area contributed by atoms with Crippen molar-refractivity contribution in [3.8, 4) is 11.5 Å². The van der Waals surface area contributed by atoms with Gasteiger partial charge >= 0.3 is 0 Å². The minimum atomic E-state index is -0.388. The summed E-state index contributed by atoms with van der Waals surface area (Å²) in [4.78, 5) is 0. The van der Waals surface area contributed by atoms with Crippen molar-refractivity contribution in [3.05, 3.63) is 52.8 Å². The van der Waals surface area contributed by atoms with Gasteiger partial charge in [0.05, 0.1) is 7.11 Å². The molecule has 2 aromatic rings. The van der Waals surface area contributed by atoms with Gasteiger partial charge in [0.1, 0.15) is 12.4 Å². The number of anilines is 1. The van der Waals surface area contributed by atoms with Crippen molar-refractivity contribution < 1.29 is 13.9 Å². The maximum Gasteiger partial charge on any atom is 0.171 e. The van der Waals surface area contributed by atoms with Crippen LogP contribution < -0.4 is 15.2 Å². The molecule has 0 aliphatic rings. The molecule has 0 saturated heterocycles. The Hall–Kier alpha value is -2.23. The van der Waals surface area contributed by atoms with Gasteiger partial charge in [-0.1, -0.05) is 12.1 Å². The van der Waals surface area contributed by atoms with Crippen LogP contribution in [0.1, 0.15) is 16.7 Å². The van der Waals surface area contributed by atoms with E-state index in [0.29, 0.717) is 11.3 Å². The molecule has 0 radical (unpaired) electrons. The number of methoxy groups -OCH3 is 1. The summed E-state index contributed by atoms with van der Waals surface area (Å²) in [5.74, 6) is 0.569. The molecule has 2 N–H and O–H groups in total. The van der Waals surface area contributed by atoms with Crippen LogP contribution in [0.2, 0.25) is 0 Å². The molecular formula is C16H18FNO2. The zero-order valence-electron chi connectivity index (χ0n) is 11.9. The van der Waals surface area contributed by atoms with Crippen LogP contribution in [0.15, 0.2) is 30.3 Å². The van der Waals surface area contributed by atoms with Crippen molar-refractivity contribution in [2.75, 3.05) is 12.8 Å². The minimum absolute atomic E-state index is 0.147. The second-order valence-electron chi connectivity index (χ2n) is 4.71. The van der Waals surface area contributed by atoms with Gasteiger partial charge in [-0.3, -0.25) is 0 Å². The predicted molar refractivity (Wildman–Crippen MR) is 77.6 cm³/mol. The van der Waals surface area contributed by atoms with Gasteiger partial charge in [0, 0.05) is 11.3 Å². The molecule has 0 amide bonds. The van der Waals surface area contributed by atoms with E-state index >= 15 is 0 Å². The molecule has 106 valence electrons. The Labute approximate surface area is 118 Å². The largest absolute Gasteiger partial charge is 0.494 e. The van der Waals surface area contributed by atoms with E-state index in [2.05, 4.69) is 0 Å². The number of nitrogens with two attached hydrogens (primary N) is 1. The Kier molecular flexibility index (Phi) is 4.13. The summed E-state index contributed by atoms with van der Waals surface area (Å²) >= 11 is 0. The van der Waals surface area contributed by atoms with Gasteiger partial charge in [0.15, 0.2) is 11.6 Å². The molecule has 2 aromatic carbocycles.